The van der Waals surface area contributed by atoms with Gasteiger partial charge in [0.05, 0.1) is 10.2 Å². The highest BCUT2D eigenvalue weighted by molar-refractivity contribution is 7.22. The Morgan fingerprint density at radius 3 is 2.68 bits per heavy atom. The predicted octanol–water partition coefficient (Wildman–Crippen LogP) is 4.00. The highest BCUT2D eigenvalue weighted by Crippen LogP contribution is 2.34. The fraction of sp³-hybridized carbons (Fsp3) is 0.450. The van der Waals surface area contributed by atoms with Crippen molar-refractivity contribution in [3.05, 3.63) is 42.4 Å². The van der Waals surface area contributed by atoms with Gasteiger partial charge in [-0.05, 0) is 38.1 Å². The van der Waals surface area contributed by atoms with E-state index in [-0.39, 0.29) is 18.5 Å². The van der Waals surface area contributed by atoms with Crippen molar-refractivity contribution in [2.75, 3.05) is 18.4 Å². The highest BCUT2D eigenvalue weighted by atomic mass is 35.5. The molecule has 3 heterocycles. The minimum atomic E-state index is 0. The summed E-state index contributed by atoms with van der Waals surface area (Å²) in [6.07, 6.45) is 7.85. The van der Waals surface area contributed by atoms with Gasteiger partial charge in [0.2, 0.25) is 5.88 Å². The van der Waals surface area contributed by atoms with E-state index in [0.29, 0.717) is 12.0 Å². The number of rotatable bonds is 5. The Hall–Kier alpha value is -1.96. The van der Waals surface area contributed by atoms with Crippen molar-refractivity contribution < 1.29 is 4.74 Å². The van der Waals surface area contributed by atoms with Gasteiger partial charge in [-0.2, -0.15) is 0 Å². The van der Waals surface area contributed by atoms with Crippen molar-refractivity contribution in [1.82, 2.24) is 20.3 Å². The third-order valence-corrected chi connectivity index (χ3v) is 6.38. The first-order valence-electron chi connectivity index (χ1n) is 9.65. The number of nitrogens with zero attached hydrogens (tertiary/aromatic N) is 3. The van der Waals surface area contributed by atoms with Crippen LogP contribution in [-0.4, -0.2) is 40.2 Å². The normalized spacial score (nSPS) is 22.3. The lowest BCUT2D eigenvalue weighted by Crippen LogP contribution is -2.43. The molecule has 5 rings (SSSR count). The number of fused-ring (bicyclic) bond motifs is 1. The third-order valence-electron chi connectivity index (χ3n) is 5.41. The first-order chi connectivity index (χ1) is 13.3. The Kier molecular flexibility index (Phi) is 5.94. The third kappa shape index (κ3) is 4.06. The minimum Gasteiger partial charge on any atom is -0.473 e. The summed E-state index contributed by atoms with van der Waals surface area (Å²) >= 11 is 1.71. The lowest BCUT2D eigenvalue weighted by Gasteiger charge is -2.36. The fourth-order valence-electron chi connectivity index (χ4n) is 3.85. The molecule has 1 saturated carbocycles. The predicted molar refractivity (Wildman–Crippen MR) is 115 cm³/mol. The molecule has 1 saturated heterocycles. The van der Waals surface area contributed by atoms with Crippen LogP contribution in [0.25, 0.3) is 10.2 Å². The molecule has 2 aromatic heterocycles. The van der Waals surface area contributed by atoms with Gasteiger partial charge in [0.1, 0.15) is 11.8 Å². The van der Waals surface area contributed by atoms with Crippen LogP contribution in [0.3, 0.4) is 0 Å². The Morgan fingerprint density at radius 2 is 1.86 bits per heavy atom. The number of benzene rings is 1. The molecule has 6 nitrogen and oxygen atoms in total. The number of anilines is 1. The summed E-state index contributed by atoms with van der Waals surface area (Å²) in [7, 11) is 0. The van der Waals surface area contributed by atoms with Crippen LogP contribution in [0.5, 0.6) is 5.88 Å². The molecule has 148 valence electrons. The van der Waals surface area contributed by atoms with E-state index in [1.165, 1.54) is 4.70 Å². The quantitative estimate of drug-likeness (QED) is 0.653. The summed E-state index contributed by atoms with van der Waals surface area (Å²) in [5.41, 5.74) is 2.09. The molecule has 2 N–H and O–H groups in total. The van der Waals surface area contributed by atoms with Crippen molar-refractivity contribution in [3.63, 3.8) is 0 Å². The highest BCUT2D eigenvalue weighted by Gasteiger charge is 2.33. The number of nitrogens with one attached hydrogen (secondary N) is 2. The van der Waals surface area contributed by atoms with E-state index >= 15 is 0 Å². The molecule has 0 unspecified atom stereocenters. The van der Waals surface area contributed by atoms with E-state index < -0.39 is 0 Å². The van der Waals surface area contributed by atoms with Crippen LogP contribution in [0.1, 0.15) is 37.3 Å². The fourth-order valence-corrected chi connectivity index (χ4v) is 4.79. The van der Waals surface area contributed by atoms with E-state index in [1.807, 2.05) is 6.07 Å². The van der Waals surface area contributed by atoms with E-state index in [9.17, 15) is 0 Å². The molecule has 0 bridgehead atoms. The standard InChI is InChI=1S/C20H23N5OS.ClH/c1-2-4-17-16(3-1)25-20(27-17)24-14-11-15(12-14)26-19-18(22-9-10-23-19)13-5-7-21-8-6-13;/h1-4,9-10,13-15,21H,5-8,11-12H2,(H,24,25);1H/t14-,15-;. The maximum Gasteiger partial charge on any atom is 0.236 e. The second kappa shape index (κ2) is 8.59. The average Bonchev–Trinajstić information content (AvgIpc) is 3.10. The Bertz CT molecular complexity index is 891. The smallest absolute Gasteiger partial charge is 0.236 e. The Balaban J connectivity index is 0.00000192. The maximum absolute atomic E-state index is 6.21. The van der Waals surface area contributed by atoms with Gasteiger partial charge in [0.25, 0.3) is 0 Å². The molecular formula is C20H24ClN5OS. The lowest BCUT2D eigenvalue weighted by atomic mass is 9.89. The average molecular weight is 418 g/mol. The number of aromatic nitrogens is 3. The molecule has 3 aromatic rings. The molecule has 2 fully saturated rings. The summed E-state index contributed by atoms with van der Waals surface area (Å²) in [6.45, 7) is 2.08. The number of ether oxygens (including phenoxy) is 1. The van der Waals surface area contributed by atoms with Crippen LogP contribution >= 0.6 is 23.7 Å². The zero-order valence-electron chi connectivity index (χ0n) is 15.5. The Morgan fingerprint density at radius 1 is 1.07 bits per heavy atom. The van der Waals surface area contributed by atoms with Crippen molar-refractivity contribution in [2.45, 2.75) is 43.7 Å². The van der Waals surface area contributed by atoms with Crippen LogP contribution in [0.2, 0.25) is 0 Å². The van der Waals surface area contributed by atoms with Gasteiger partial charge in [0.15, 0.2) is 5.13 Å². The first-order valence-corrected chi connectivity index (χ1v) is 10.5. The summed E-state index contributed by atoms with van der Waals surface area (Å²) in [5, 5.41) is 7.94. The zero-order valence-corrected chi connectivity index (χ0v) is 17.1. The van der Waals surface area contributed by atoms with Gasteiger partial charge in [0, 0.05) is 37.2 Å². The van der Waals surface area contributed by atoms with Gasteiger partial charge in [-0.25, -0.2) is 9.97 Å². The largest absolute Gasteiger partial charge is 0.473 e. The van der Waals surface area contributed by atoms with Crippen LogP contribution in [0.15, 0.2) is 36.7 Å². The monoisotopic (exact) mass is 417 g/mol. The number of hydrogen-bond donors (Lipinski definition) is 2. The molecule has 1 aliphatic heterocycles. The zero-order chi connectivity index (χ0) is 18.1. The van der Waals surface area contributed by atoms with Crippen molar-refractivity contribution in [2.24, 2.45) is 0 Å². The number of hydrogen-bond acceptors (Lipinski definition) is 7. The van der Waals surface area contributed by atoms with E-state index in [1.54, 1.807) is 23.7 Å². The Labute approximate surface area is 174 Å². The van der Waals surface area contributed by atoms with E-state index in [4.69, 9.17) is 4.74 Å². The van der Waals surface area contributed by atoms with Gasteiger partial charge < -0.3 is 15.4 Å². The second-order valence-corrected chi connectivity index (χ2v) is 8.34. The lowest BCUT2D eigenvalue weighted by molar-refractivity contribution is 0.0998. The number of para-hydroxylation sites is 1. The minimum absolute atomic E-state index is 0. The molecule has 0 spiro atoms. The first kappa shape index (κ1) is 19.4. The molecule has 28 heavy (non-hydrogen) atoms. The summed E-state index contributed by atoms with van der Waals surface area (Å²) < 4.78 is 7.43. The molecular weight excluding hydrogens is 394 g/mol. The number of piperidine rings is 1. The molecule has 1 aromatic carbocycles. The van der Waals surface area contributed by atoms with E-state index in [2.05, 4.69) is 43.8 Å². The summed E-state index contributed by atoms with van der Waals surface area (Å²) in [5.74, 6) is 1.18. The van der Waals surface area contributed by atoms with Gasteiger partial charge in [-0.1, -0.05) is 23.5 Å². The van der Waals surface area contributed by atoms with Crippen LogP contribution in [-0.2, 0) is 0 Å². The molecule has 0 amide bonds. The number of halogens is 1. The molecule has 0 radical (unpaired) electrons. The van der Waals surface area contributed by atoms with Gasteiger partial charge >= 0.3 is 0 Å². The van der Waals surface area contributed by atoms with E-state index in [0.717, 1.165) is 61.0 Å². The molecule has 2 aliphatic rings. The molecule has 8 heteroatoms. The maximum atomic E-state index is 6.21. The van der Waals surface area contributed by atoms with Crippen molar-refractivity contribution >= 4 is 39.1 Å². The number of thiazole rings is 1. The van der Waals surface area contributed by atoms with Gasteiger partial charge in [-0.15, -0.1) is 12.4 Å². The second-order valence-electron chi connectivity index (χ2n) is 7.31. The SMILES string of the molecule is Cl.c1ccc2sc(N[C@H]3C[C@H](Oc4nccnc4C4CCNCC4)C3)nc2c1. The van der Waals surface area contributed by atoms with Crippen molar-refractivity contribution in [1.29, 1.82) is 0 Å². The summed E-state index contributed by atoms with van der Waals surface area (Å²) in [6, 6.07) is 8.66. The van der Waals surface area contributed by atoms with Crippen molar-refractivity contribution in [3.8, 4) is 5.88 Å². The topological polar surface area (TPSA) is 72.0 Å². The van der Waals surface area contributed by atoms with Gasteiger partial charge in [-0.3, -0.25) is 4.98 Å². The van der Waals surface area contributed by atoms with Crippen LogP contribution in [0, 0.1) is 0 Å². The molecule has 1 aliphatic carbocycles. The van der Waals surface area contributed by atoms with Crippen LogP contribution in [0.4, 0.5) is 5.13 Å². The molecule has 0 atom stereocenters. The summed E-state index contributed by atoms with van der Waals surface area (Å²) in [4.78, 5) is 13.7. The van der Waals surface area contributed by atoms with Crippen LogP contribution < -0.4 is 15.4 Å².